The minimum Gasteiger partial charge on any atom is -0.271 e. The molecule has 1 rings (SSSR count). The molecule has 3 N–H and O–H groups in total. The Bertz CT molecular complexity index is 339. The molecule has 0 saturated carbocycles. The average molecular weight is 285 g/mol. The number of nitrogens with one attached hydrogen (secondary N) is 1. The minimum absolute atomic E-state index is 0.244. The van der Waals surface area contributed by atoms with Gasteiger partial charge in [-0.25, -0.2) is 0 Å². The molecule has 3 heteroatoms. The highest BCUT2D eigenvalue weighted by molar-refractivity contribution is 9.10. The van der Waals surface area contributed by atoms with Gasteiger partial charge >= 0.3 is 0 Å². The molecule has 2 unspecified atom stereocenters. The molecule has 0 saturated heterocycles. The van der Waals surface area contributed by atoms with Gasteiger partial charge in [-0.05, 0) is 42.5 Å². The summed E-state index contributed by atoms with van der Waals surface area (Å²) >= 11 is 3.48. The molecule has 0 aromatic heterocycles. The van der Waals surface area contributed by atoms with Crippen molar-refractivity contribution >= 4 is 15.9 Å². The van der Waals surface area contributed by atoms with Crippen molar-refractivity contribution in [3.63, 3.8) is 0 Å². The molecular weight excluding hydrogens is 264 g/mol. The number of benzene rings is 1. The van der Waals surface area contributed by atoms with Crippen LogP contribution in [0.4, 0.5) is 0 Å². The monoisotopic (exact) mass is 284 g/mol. The van der Waals surface area contributed by atoms with Gasteiger partial charge in [0.25, 0.3) is 0 Å². The summed E-state index contributed by atoms with van der Waals surface area (Å²) in [5.74, 6) is 6.23. The van der Waals surface area contributed by atoms with E-state index in [1.807, 2.05) is 0 Å². The van der Waals surface area contributed by atoms with Gasteiger partial charge in [-0.15, -0.1) is 0 Å². The van der Waals surface area contributed by atoms with Crippen LogP contribution >= 0.6 is 15.9 Å². The van der Waals surface area contributed by atoms with Gasteiger partial charge in [0.05, 0.1) is 0 Å². The van der Waals surface area contributed by atoms with Crippen molar-refractivity contribution in [2.75, 3.05) is 0 Å². The lowest BCUT2D eigenvalue weighted by Gasteiger charge is -2.25. The van der Waals surface area contributed by atoms with Crippen LogP contribution in [0.5, 0.6) is 0 Å². The van der Waals surface area contributed by atoms with Crippen molar-refractivity contribution in [3.8, 4) is 0 Å². The van der Waals surface area contributed by atoms with Crippen LogP contribution in [0, 0.1) is 12.8 Å². The average Bonchev–Trinajstić information content (AvgIpc) is 2.22. The summed E-state index contributed by atoms with van der Waals surface area (Å²) in [6.45, 7) is 6.58. The quantitative estimate of drug-likeness (QED) is 0.639. The van der Waals surface area contributed by atoms with Gasteiger partial charge in [-0.3, -0.25) is 11.3 Å². The molecule has 0 aliphatic rings. The fourth-order valence-electron chi connectivity index (χ4n) is 2.17. The normalized spacial score (nSPS) is 14.8. The summed E-state index contributed by atoms with van der Waals surface area (Å²) in [4.78, 5) is 0. The van der Waals surface area contributed by atoms with E-state index in [1.165, 1.54) is 24.0 Å². The molecule has 0 aliphatic carbocycles. The second kappa shape index (κ2) is 6.38. The molecule has 2 atom stereocenters. The zero-order chi connectivity index (χ0) is 12.1. The van der Waals surface area contributed by atoms with Gasteiger partial charge in [0.1, 0.15) is 0 Å². The Labute approximate surface area is 107 Å². The van der Waals surface area contributed by atoms with Gasteiger partial charge in [-0.2, -0.15) is 0 Å². The van der Waals surface area contributed by atoms with Crippen LogP contribution in [-0.4, -0.2) is 0 Å². The van der Waals surface area contributed by atoms with Crippen molar-refractivity contribution in [2.24, 2.45) is 11.8 Å². The van der Waals surface area contributed by atoms with E-state index in [-0.39, 0.29) is 6.04 Å². The van der Waals surface area contributed by atoms with Crippen LogP contribution in [0.3, 0.4) is 0 Å². The lowest BCUT2D eigenvalue weighted by Crippen LogP contribution is -2.33. The van der Waals surface area contributed by atoms with Crippen LogP contribution in [0.2, 0.25) is 0 Å². The predicted octanol–water partition coefficient (Wildman–Crippen LogP) is 3.70. The van der Waals surface area contributed by atoms with Gasteiger partial charge in [-0.1, -0.05) is 42.3 Å². The van der Waals surface area contributed by atoms with E-state index in [0.29, 0.717) is 5.92 Å². The second-order valence-corrected chi connectivity index (χ2v) is 5.33. The number of hydrogen-bond acceptors (Lipinski definition) is 2. The summed E-state index contributed by atoms with van der Waals surface area (Å²) in [6.07, 6.45) is 2.37. The first-order valence-corrected chi connectivity index (χ1v) is 6.61. The van der Waals surface area contributed by atoms with E-state index >= 15 is 0 Å². The van der Waals surface area contributed by atoms with Crippen molar-refractivity contribution in [3.05, 3.63) is 33.8 Å². The van der Waals surface area contributed by atoms with Gasteiger partial charge in [0.2, 0.25) is 0 Å². The first kappa shape index (κ1) is 13.7. The van der Waals surface area contributed by atoms with E-state index in [4.69, 9.17) is 5.84 Å². The Morgan fingerprint density at radius 2 is 2.12 bits per heavy atom. The lowest BCUT2D eigenvalue weighted by molar-refractivity contribution is 0.367. The van der Waals surface area contributed by atoms with E-state index in [9.17, 15) is 0 Å². The SMILES string of the molecule is CCCC(C)C(NN)c1ccc(Br)cc1C. The molecule has 0 spiro atoms. The zero-order valence-electron chi connectivity index (χ0n) is 10.3. The molecule has 0 bridgehead atoms. The molecular formula is C13H21BrN2. The number of hydrazine groups is 1. The highest BCUT2D eigenvalue weighted by atomic mass is 79.9. The molecule has 0 amide bonds. The standard InChI is InChI=1S/C13H21BrN2/c1-4-5-9(2)13(16-15)12-7-6-11(14)8-10(12)3/h6-9,13,16H,4-5,15H2,1-3H3. The third-order valence-electron chi connectivity index (χ3n) is 3.06. The Kier molecular flexibility index (Phi) is 5.46. The van der Waals surface area contributed by atoms with Crippen molar-refractivity contribution in [1.29, 1.82) is 0 Å². The largest absolute Gasteiger partial charge is 0.271 e. The van der Waals surface area contributed by atoms with Gasteiger partial charge < -0.3 is 0 Å². The summed E-state index contributed by atoms with van der Waals surface area (Å²) in [7, 11) is 0. The van der Waals surface area contributed by atoms with Crippen LogP contribution in [-0.2, 0) is 0 Å². The van der Waals surface area contributed by atoms with Crippen molar-refractivity contribution in [1.82, 2.24) is 5.43 Å². The highest BCUT2D eigenvalue weighted by Gasteiger charge is 2.18. The summed E-state index contributed by atoms with van der Waals surface area (Å²) < 4.78 is 1.12. The molecule has 0 fully saturated rings. The number of rotatable bonds is 5. The van der Waals surface area contributed by atoms with Crippen molar-refractivity contribution < 1.29 is 0 Å². The maximum atomic E-state index is 5.68. The second-order valence-electron chi connectivity index (χ2n) is 4.41. The number of aryl methyl sites for hydroxylation is 1. The molecule has 2 nitrogen and oxygen atoms in total. The van der Waals surface area contributed by atoms with E-state index in [1.54, 1.807) is 0 Å². The van der Waals surface area contributed by atoms with Crippen LogP contribution in [0.25, 0.3) is 0 Å². The topological polar surface area (TPSA) is 38.0 Å². The number of hydrogen-bond donors (Lipinski definition) is 2. The summed E-state index contributed by atoms with van der Waals surface area (Å²) in [5.41, 5.74) is 5.52. The Morgan fingerprint density at radius 3 is 2.62 bits per heavy atom. The molecule has 90 valence electrons. The Balaban J connectivity index is 2.94. The summed E-state index contributed by atoms with van der Waals surface area (Å²) in [6, 6.07) is 6.60. The zero-order valence-corrected chi connectivity index (χ0v) is 11.8. The molecule has 16 heavy (non-hydrogen) atoms. The predicted molar refractivity (Wildman–Crippen MR) is 73.0 cm³/mol. The Morgan fingerprint density at radius 1 is 1.44 bits per heavy atom. The number of nitrogens with two attached hydrogens (primary N) is 1. The van der Waals surface area contributed by atoms with Crippen LogP contribution < -0.4 is 11.3 Å². The van der Waals surface area contributed by atoms with Gasteiger partial charge in [0, 0.05) is 10.5 Å². The van der Waals surface area contributed by atoms with Crippen LogP contribution in [0.1, 0.15) is 43.9 Å². The molecule has 0 aliphatic heterocycles. The minimum atomic E-state index is 0.244. The van der Waals surface area contributed by atoms with Gasteiger partial charge in [0.15, 0.2) is 0 Å². The first-order valence-electron chi connectivity index (χ1n) is 5.82. The fourth-order valence-corrected chi connectivity index (χ4v) is 2.65. The molecule has 1 aromatic carbocycles. The molecule has 0 heterocycles. The lowest BCUT2D eigenvalue weighted by atomic mass is 9.89. The maximum Gasteiger partial charge on any atom is 0.0488 e. The van der Waals surface area contributed by atoms with E-state index in [2.05, 4.69) is 60.3 Å². The smallest absolute Gasteiger partial charge is 0.0488 e. The van der Waals surface area contributed by atoms with E-state index in [0.717, 1.165) is 4.47 Å². The fraction of sp³-hybridized carbons (Fsp3) is 0.538. The van der Waals surface area contributed by atoms with Crippen molar-refractivity contribution in [2.45, 2.75) is 39.7 Å². The third kappa shape index (κ3) is 3.30. The Hall–Kier alpha value is -0.380. The van der Waals surface area contributed by atoms with E-state index < -0.39 is 0 Å². The first-order chi connectivity index (χ1) is 7.60. The highest BCUT2D eigenvalue weighted by Crippen LogP contribution is 2.28. The third-order valence-corrected chi connectivity index (χ3v) is 3.55. The van der Waals surface area contributed by atoms with Crippen LogP contribution in [0.15, 0.2) is 22.7 Å². The summed E-state index contributed by atoms with van der Waals surface area (Å²) in [5, 5.41) is 0. The maximum absolute atomic E-state index is 5.68. The molecule has 0 radical (unpaired) electrons. The molecule has 1 aromatic rings. The number of halogens is 1.